The second-order valence-corrected chi connectivity index (χ2v) is 5.53. The number of anilines is 1. The molecule has 0 fully saturated rings. The van der Waals surface area contributed by atoms with Crippen molar-refractivity contribution < 1.29 is 18.3 Å². The summed E-state index contributed by atoms with van der Waals surface area (Å²) in [4.78, 5) is 0.0560. The van der Waals surface area contributed by atoms with E-state index in [-0.39, 0.29) is 11.5 Å². The highest BCUT2D eigenvalue weighted by molar-refractivity contribution is 7.89. The van der Waals surface area contributed by atoms with Crippen molar-refractivity contribution in [2.45, 2.75) is 24.3 Å². The van der Waals surface area contributed by atoms with Gasteiger partial charge in [-0.1, -0.05) is 6.92 Å². The Labute approximate surface area is 107 Å². The number of sulfonamides is 1. The van der Waals surface area contributed by atoms with Gasteiger partial charge in [0.15, 0.2) is 0 Å². The molecule has 0 heterocycles. The SMILES string of the molecule is CC[C@H](CO)NS(=O)(=O)c1ccc(N)c(OC)c1. The number of rotatable bonds is 6. The molecule has 0 aliphatic rings. The molecule has 6 nitrogen and oxygen atoms in total. The van der Waals surface area contributed by atoms with Crippen molar-refractivity contribution in [3.05, 3.63) is 18.2 Å². The van der Waals surface area contributed by atoms with E-state index in [0.29, 0.717) is 17.9 Å². The van der Waals surface area contributed by atoms with E-state index in [9.17, 15) is 8.42 Å². The average molecular weight is 274 g/mol. The van der Waals surface area contributed by atoms with E-state index in [1.807, 2.05) is 0 Å². The van der Waals surface area contributed by atoms with Crippen LogP contribution in [0.2, 0.25) is 0 Å². The molecule has 0 unspecified atom stereocenters. The summed E-state index contributed by atoms with van der Waals surface area (Å²) < 4.78 is 31.4. The first kappa shape index (κ1) is 14.7. The van der Waals surface area contributed by atoms with E-state index in [1.165, 1.54) is 25.3 Å². The number of methoxy groups -OCH3 is 1. The van der Waals surface area contributed by atoms with E-state index in [2.05, 4.69) is 4.72 Å². The Balaban J connectivity index is 3.05. The molecule has 0 saturated carbocycles. The van der Waals surface area contributed by atoms with Gasteiger partial charge in [-0.3, -0.25) is 0 Å². The van der Waals surface area contributed by atoms with Crippen LogP contribution in [0.15, 0.2) is 23.1 Å². The van der Waals surface area contributed by atoms with Crippen LogP contribution >= 0.6 is 0 Å². The molecule has 102 valence electrons. The van der Waals surface area contributed by atoms with Crippen LogP contribution in [0.25, 0.3) is 0 Å². The number of ether oxygens (including phenoxy) is 1. The highest BCUT2D eigenvalue weighted by Gasteiger charge is 2.19. The number of benzene rings is 1. The van der Waals surface area contributed by atoms with E-state index in [1.54, 1.807) is 6.92 Å². The minimum atomic E-state index is -3.68. The molecule has 0 aliphatic carbocycles. The van der Waals surface area contributed by atoms with Gasteiger partial charge in [0.1, 0.15) is 5.75 Å². The quantitative estimate of drug-likeness (QED) is 0.649. The minimum Gasteiger partial charge on any atom is -0.495 e. The lowest BCUT2D eigenvalue weighted by Crippen LogP contribution is -2.36. The van der Waals surface area contributed by atoms with Crippen LogP contribution < -0.4 is 15.2 Å². The highest BCUT2D eigenvalue weighted by Crippen LogP contribution is 2.24. The molecule has 1 aromatic carbocycles. The van der Waals surface area contributed by atoms with E-state index < -0.39 is 16.1 Å². The van der Waals surface area contributed by atoms with Gasteiger partial charge in [0, 0.05) is 12.1 Å². The van der Waals surface area contributed by atoms with Crippen molar-refractivity contribution in [3.8, 4) is 5.75 Å². The van der Waals surface area contributed by atoms with Crippen LogP contribution in [0.5, 0.6) is 5.75 Å². The zero-order valence-corrected chi connectivity index (χ0v) is 11.2. The van der Waals surface area contributed by atoms with Gasteiger partial charge in [-0.15, -0.1) is 0 Å². The normalized spacial score (nSPS) is 13.3. The molecule has 7 heteroatoms. The lowest BCUT2D eigenvalue weighted by atomic mass is 10.3. The Hall–Kier alpha value is -1.31. The average Bonchev–Trinajstić information content (AvgIpc) is 2.36. The predicted molar refractivity (Wildman–Crippen MR) is 68.9 cm³/mol. The third-order valence-electron chi connectivity index (χ3n) is 2.55. The van der Waals surface area contributed by atoms with Gasteiger partial charge in [0.05, 0.1) is 24.3 Å². The topological polar surface area (TPSA) is 102 Å². The van der Waals surface area contributed by atoms with Crippen molar-refractivity contribution in [3.63, 3.8) is 0 Å². The summed E-state index contributed by atoms with van der Waals surface area (Å²) in [6.45, 7) is 1.54. The summed E-state index contributed by atoms with van der Waals surface area (Å²) in [6.07, 6.45) is 0.502. The summed E-state index contributed by atoms with van der Waals surface area (Å²) in [6, 6.07) is 3.71. The van der Waals surface area contributed by atoms with Crippen molar-refractivity contribution in [1.82, 2.24) is 4.72 Å². The molecule has 0 saturated heterocycles. The number of hydrogen-bond acceptors (Lipinski definition) is 5. The number of nitrogens with two attached hydrogens (primary N) is 1. The van der Waals surface area contributed by atoms with Gasteiger partial charge >= 0.3 is 0 Å². The minimum absolute atomic E-state index is 0.0560. The van der Waals surface area contributed by atoms with E-state index in [0.717, 1.165) is 0 Å². The highest BCUT2D eigenvalue weighted by atomic mass is 32.2. The number of aliphatic hydroxyl groups is 1. The Bertz CT molecular complexity index is 498. The maximum absolute atomic E-state index is 12.0. The molecule has 0 spiro atoms. The van der Waals surface area contributed by atoms with Crippen LogP contribution in [0, 0.1) is 0 Å². The molecule has 1 atom stereocenters. The van der Waals surface area contributed by atoms with Gasteiger partial charge in [-0.25, -0.2) is 13.1 Å². The Morgan fingerprint density at radius 3 is 2.67 bits per heavy atom. The zero-order valence-electron chi connectivity index (χ0n) is 10.4. The van der Waals surface area contributed by atoms with Crippen molar-refractivity contribution >= 4 is 15.7 Å². The second kappa shape index (κ2) is 6.03. The standard InChI is InChI=1S/C11H18N2O4S/c1-3-8(7-14)13-18(15,16)9-4-5-10(12)11(6-9)17-2/h4-6,8,13-14H,3,7,12H2,1-2H3/t8-/m1/s1. The van der Waals surface area contributed by atoms with Gasteiger partial charge < -0.3 is 15.6 Å². The molecule has 0 radical (unpaired) electrons. The fraction of sp³-hybridized carbons (Fsp3) is 0.455. The third-order valence-corrected chi connectivity index (χ3v) is 4.07. The fourth-order valence-corrected chi connectivity index (χ4v) is 2.72. The Morgan fingerprint density at radius 2 is 2.17 bits per heavy atom. The number of nitrogens with one attached hydrogen (secondary N) is 1. The molecular formula is C11H18N2O4S. The first-order chi connectivity index (χ1) is 8.44. The van der Waals surface area contributed by atoms with Crippen molar-refractivity contribution in [1.29, 1.82) is 0 Å². The van der Waals surface area contributed by atoms with E-state index >= 15 is 0 Å². The largest absolute Gasteiger partial charge is 0.495 e. The maximum Gasteiger partial charge on any atom is 0.241 e. The fourth-order valence-electron chi connectivity index (χ4n) is 1.40. The van der Waals surface area contributed by atoms with E-state index in [4.69, 9.17) is 15.6 Å². The molecule has 0 aromatic heterocycles. The first-order valence-electron chi connectivity index (χ1n) is 5.51. The smallest absolute Gasteiger partial charge is 0.241 e. The van der Waals surface area contributed by atoms with Crippen molar-refractivity contribution in [2.24, 2.45) is 0 Å². The van der Waals surface area contributed by atoms with Crippen LogP contribution in [0.1, 0.15) is 13.3 Å². The van der Waals surface area contributed by atoms with Crippen LogP contribution in [0.4, 0.5) is 5.69 Å². The van der Waals surface area contributed by atoms with Gasteiger partial charge in [-0.05, 0) is 18.6 Å². The lowest BCUT2D eigenvalue weighted by molar-refractivity contribution is 0.254. The molecule has 4 N–H and O–H groups in total. The summed E-state index contributed by atoms with van der Waals surface area (Å²) in [5.41, 5.74) is 5.98. The summed E-state index contributed by atoms with van der Waals surface area (Å²) >= 11 is 0. The Kier molecular flexibility index (Phi) is 4.94. The van der Waals surface area contributed by atoms with Crippen molar-refractivity contribution in [2.75, 3.05) is 19.5 Å². The van der Waals surface area contributed by atoms with Gasteiger partial charge in [0.25, 0.3) is 0 Å². The Morgan fingerprint density at radius 1 is 1.50 bits per heavy atom. The predicted octanol–water partition coefficient (Wildman–Crippen LogP) is 0.327. The first-order valence-corrected chi connectivity index (χ1v) is 6.99. The number of nitrogen functional groups attached to an aromatic ring is 1. The number of aliphatic hydroxyl groups excluding tert-OH is 1. The van der Waals surface area contributed by atoms with Crippen LogP contribution in [0.3, 0.4) is 0 Å². The lowest BCUT2D eigenvalue weighted by Gasteiger charge is -2.15. The molecule has 0 aliphatic heterocycles. The zero-order chi connectivity index (χ0) is 13.8. The molecule has 0 amide bonds. The molecule has 18 heavy (non-hydrogen) atoms. The molecule has 0 bridgehead atoms. The molecular weight excluding hydrogens is 256 g/mol. The molecule has 1 rings (SSSR count). The number of hydrogen-bond donors (Lipinski definition) is 3. The molecule has 1 aromatic rings. The summed E-state index contributed by atoms with van der Waals surface area (Å²) in [7, 11) is -2.26. The second-order valence-electron chi connectivity index (χ2n) is 3.81. The van der Waals surface area contributed by atoms with Crippen LogP contribution in [-0.2, 0) is 10.0 Å². The van der Waals surface area contributed by atoms with Crippen LogP contribution in [-0.4, -0.2) is 33.3 Å². The third kappa shape index (κ3) is 3.34. The maximum atomic E-state index is 12.0. The summed E-state index contributed by atoms with van der Waals surface area (Å²) in [5.74, 6) is 0.301. The monoisotopic (exact) mass is 274 g/mol. The van der Waals surface area contributed by atoms with Gasteiger partial charge in [-0.2, -0.15) is 0 Å². The van der Waals surface area contributed by atoms with Gasteiger partial charge in [0.2, 0.25) is 10.0 Å². The summed E-state index contributed by atoms with van der Waals surface area (Å²) in [5, 5.41) is 9.01.